The third-order valence-electron chi connectivity index (χ3n) is 3.57. The highest BCUT2D eigenvalue weighted by atomic mass is 32.2. The van der Waals surface area contributed by atoms with Gasteiger partial charge in [0.05, 0.1) is 29.9 Å². The predicted octanol–water partition coefficient (Wildman–Crippen LogP) is 2.95. The number of nitrogens with zero attached hydrogens (tertiary/aromatic N) is 4. The van der Waals surface area contributed by atoms with Crippen molar-refractivity contribution in [3.8, 4) is 12.1 Å². The van der Waals surface area contributed by atoms with Gasteiger partial charge in [-0.3, -0.25) is 0 Å². The van der Waals surface area contributed by atoms with Crippen LogP contribution < -0.4 is 0 Å². The van der Waals surface area contributed by atoms with Crippen LogP contribution in [0.1, 0.15) is 18.4 Å². The molecule has 0 aliphatic heterocycles. The molecule has 2 aromatic carbocycles. The Hall–Kier alpha value is -3.16. The Morgan fingerprint density at radius 1 is 0.885 bits per heavy atom. The van der Waals surface area contributed by atoms with Gasteiger partial charge in [-0.1, -0.05) is 48.5 Å². The zero-order valence-corrected chi connectivity index (χ0v) is 14.9. The molecule has 0 amide bonds. The summed E-state index contributed by atoms with van der Waals surface area (Å²) in [4.78, 5) is 1.76. The second kappa shape index (κ2) is 9.36. The van der Waals surface area contributed by atoms with Crippen molar-refractivity contribution in [1.29, 1.82) is 10.5 Å². The fraction of sp³-hybridized carbons (Fsp3) is 0.211. The van der Waals surface area contributed by atoms with E-state index in [1.807, 2.05) is 18.2 Å². The van der Waals surface area contributed by atoms with E-state index in [9.17, 15) is 8.42 Å². The van der Waals surface area contributed by atoms with Gasteiger partial charge in [0.15, 0.2) is 0 Å². The number of hydrogen-bond donors (Lipinski definition) is 0. The summed E-state index contributed by atoms with van der Waals surface area (Å²) in [5.41, 5.74) is 0.614. The Kier molecular flexibility index (Phi) is 6.90. The summed E-state index contributed by atoms with van der Waals surface area (Å²) in [5, 5.41) is 17.8. The van der Waals surface area contributed by atoms with E-state index in [1.165, 1.54) is 12.1 Å². The predicted molar refractivity (Wildman–Crippen MR) is 98.6 cm³/mol. The van der Waals surface area contributed by atoms with E-state index in [-0.39, 0.29) is 36.7 Å². The van der Waals surface area contributed by atoms with Crippen molar-refractivity contribution in [1.82, 2.24) is 4.90 Å². The molecule has 0 aliphatic rings. The summed E-state index contributed by atoms with van der Waals surface area (Å²) in [6.45, 7) is 0.576. The average molecular weight is 366 g/mol. The lowest BCUT2D eigenvalue weighted by Crippen LogP contribution is -2.34. The number of rotatable bonds is 7. The Balaban J connectivity index is 2.53. The van der Waals surface area contributed by atoms with Crippen LogP contribution in [-0.2, 0) is 10.0 Å². The molecular formula is C19H18N4O2S. The molecular weight excluding hydrogens is 348 g/mol. The highest BCUT2D eigenvalue weighted by Gasteiger charge is 2.19. The van der Waals surface area contributed by atoms with E-state index in [4.69, 9.17) is 10.5 Å². The Morgan fingerprint density at radius 2 is 1.38 bits per heavy atom. The van der Waals surface area contributed by atoms with E-state index in [2.05, 4.69) is 4.40 Å². The van der Waals surface area contributed by atoms with Crippen LogP contribution in [0.25, 0.3) is 0 Å². The molecule has 0 aromatic heterocycles. The third kappa shape index (κ3) is 5.17. The third-order valence-corrected chi connectivity index (χ3v) is 4.85. The number of sulfonamides is 1. The van der Waals surface area contributed by atoms with Crippen LogP contribution in [0.2, 0.25) is 0 Å². The lowest BCUT2D eigenvalue weighted by molar-refractivity contribution is 0.437. The minimum absolute atomic E-state index is 0.0916. The van der Waals surface area contributed by atoms with Crippen molar-refractivity contribution in [3.05, 3.63) is 66.2 Å². The summed E-state index contributed by atoms with van der Waals surface area (Å²) in [6, 6.07) is 21.0. The summed E-state index contributed by atoms with van der Waals surface area (Å²) in [5.74, 6) is 0.236. The normalized spacial score (nSPS) is 11.4. The highest BCUT2D eigenvalue weighted by molar-refractivity contribution is 7.90. The highest BCUT2D eigenvalue weighted by Crippen LogP contribution is 2.16. The SMILES string of the molecule is N#CCCN(CCC#N)C(=NS(=O)(=O)c1ccccc1)c1ccccc1. The maximum Gasteiger partial charge on any atom is 0.284 e. The fourth-order valence-corrected chi connectivity index (χ4v) is 3.39. The lowest BCUT2D eigenvalue weighted by Gasteiger charge is -2.24. The second-order valence-electron chi connectivity index (χ2n) is 5.37. The first-order valence-electron chi connectivity index (χ1n) is 8.03. The van der Waals surface area contributed by atoms with E-state index >= 15 is 0 Å². The fourth-order valence-electron chi connectivity index (χ4n) is 2.33. The molecule has 0 saturated carbocycles. The van der Waals surface area contributed by atoms with Gasteiger partial charge in [0.25, 0.3) is 10.0 Å². The van der Waals surface area contributed by atoms with Crippen LogP contribution in [0.3, 0.4) is 0 Å². The molecule has 0 spiro atoms. The topological polar surface area (TPSA) is 97.3 Å². The van der Waals surface area contributed by atoms with E-state index in [1.54, 1.807) is 47.4 Å². The number of hydrogen-bond acceptors (Lipinski definition) is 4. The van der Waals surface area contributed by atoms with E-state index in [0.29, 0.717) is 5.56 Å². The van der Waals surface area contributed by atoms with Gasteiger partial charge in [0.1, 0.15) is 5.84 Å². The zero-order valence-electron chi connectivity index (χ0n) is 14.1. The summed E-state index contributed by atoms with van der Waals surface area (Å²) in [6.07, 6.45) is 0.394. The molecule has 7 heteroatoms. The minimum atomic E-state index is -3.92. The minimum Gasteiger partial charge on any atom is -0.353 e. The second-order valence-corrected chi connectivity index (χ2v) is 6.98. The molecule has 2 rings (SSSR count). The first-order valence-corrected chi connectivity index (χ1v) is 9.47. The van der Waals surface area contributed by atoms with Gasteiger partial charge in [0, 0.05) is 18.7 Å². The molecule has 132 valence electrons. The molecule has 0 heterocycles. The molecule has 0 atom stereocenters. The van der Waals surface area contributed by atoms with Crippen LogP contribution in [0.4, 0.5) is 0 Å². The summed E-state index contributed by atoms with van der Waals surface area (Å²) >= 11 is 0. The summed E-state index contributed by atoms with van der Waals surface area (Å²) in [7, 11) is -3.92. The van der Waals surface area contributed by atoms with Crippen LogP contribution in [-0.4, -0.2) is 32.2 Å². The molecule has 0 N–H and O–H groups in total. The van der Waals surface area contributed by atoms with Gasteiger partial charge in [-0.15, -0.1) is 4.40 Å². The molecule has 2 aromatic rings. The maximum absolute atomic E-state index is 12.7. The monoisotopic (exact) mass is 366 g/mol. The van der Waals surface area contributed by atoms with Crippen LogP contribution in [0.5, 0.6) is 0 Å². The summed E-state index contributed by atoms with van der Waals surface area (Å²) < 4.78 is 29.5. The molecule has 0 saturated heterocycles. The molecule has 0 aliphatic carbocycles. The van der Waals surface area contributed by atoms with Gasteiger partial charge in [-0.05, 0) is 12.1 Å². The maximum atomic E-state index is 12.7. The number of amidine groups is 1. The van der Waals surface area contributed by atoms with Crippen LogP contribution >= 0.6 is 0 Å². The first-order chi connectivity index (χ1) is 12.6. The number of nitriles is 2. The van der Waals surface area contributed by atoms with Crippen molar-refractivity contribution in [2.24, 2.45) is 4.40 Å². The van der Waals surface area contributed by atoms with Gasteiger partial charge in [0.2, 0.25) is 0 Å². The Labute approximate surface area is 153 Å². The molecule has 0 bridgehead atoms. The van der Waals surface area contributed by atoms with E-state index < -0.39 is 10.0 Å². The van der Waals surface area contributed by atoms with E-state index in [0.717, 1.165) is 0 Å². The zero-order chi connectivity index (χ0) is 18.8. The van der Waals surface area contributed by atoms with Crippen molar-refractivity contribution < 1.29 is 8.42 Å². The molecule has 0 unspecified atom stereocenters. The van der Waals surface area contributed by atoms with Gasteiger partial charge < -0.3 is 4.90 Å². The Bertz CT molecular complexity index is 909. The number of benzene rings is 2. The largest absolute Gasteiger partial charge is 0.353 e. The molecule has 0 radical (unpaired) electrons. The van der Waals surface area contributed by atoms with Gasteiger partial charge >= 0.3 is 0 Å². The molecule has 6 nitrogen and oxygen atoms in total. The average Bonchev–Trinajstić information content (AvgIpc) is 2.68. The molecule has 26 heavy (non-hydrogen) atoms. The van der Waals surface area contributed by atoms with Crippen molar-refractivity contribution in [2.45, 2.75) is 17.7 Å². The standard InChI is InChI=1S/C19H18N4O2S/c20-13-7-15-23(16-8-14-21)19(17-9-3-1-4-10-17)22-26(24,25)18-11-5-2-6-12-18/h1-6,9-12H,7-8,15-16H2. The van der Waals surface area contributed by atoms with Gasteiger partial charge in [-0.2, -0.15) is 18.9 Å². The van der Waals surface area contributed by atoms with Gasteiger partial charge in [-0.25, -0.2) is 0 Å². The molecule has 0 fully saturated rings. The lowest BCUT2D eigenvalue weighted by atomic mass is 10.2. The van der Waals surface area contributed by atoms with Crippen molar-refractivity contribution in [2.75, 3.05) is 13.1 Å². The van der Waals surface area contributed by atoms with Crippen LogP contribution in [0.15, 0.2) is 70.0 Å². The Morgan fingerprint density at radius 3 is 1.88 bits per heavy atom. The quantitative estimate of drug-likeness (QED) is 0.554. The van der Waals surface area contributed by atoms with Crippen molar-refractivity contribution >= 4 is 15.9 Å². The first kappa shape index (κ1) is 19.2. The smallest absolute Gasteiger partial charge is 0.284 e. The van der Waals surface area contributed by atoms with Crippen LogP contribution in [0, 0.1) is 22.7 Å². The van der Waals surface area contributed by atoms with Crippen molar-refractivity contribution in [3.63, 3.8) is 0 Å².